The average molecular weight is 487 g/mol. The third-order valence-corrected chi connectivity index (χ3v) is 7.57. The number of likely N-dealkylation sites (tertiary alicyclic amines) is 1. The number of rotatable bonds is 7. The van der Waals surface area contributed by atoms with Crippen LogP contribution in [-0.2, 0) is 10.0 Å². The molecule has 180 valence electrons. The number of nitrogens with one attached hydrogen (secondary N) is 1. The molecular formula is C24H27FN4O4S. The summed E-state index contributed by atoms with van der Waals surface area (Å²) < 4.78 is 46.5. The van der Waals surface area contributed by atoms with Crippen LogP contribution >= 0.6 is 0 Å². The van der Waals surface area contributed by atoms with Crippen LogP contribution in [0.3, 0.4) is 0 Å². The molecule has 1 fully saturated rings. The van der Waals surface area contributed by atoms with Gasteiger partial charge in [-0.05, 0) is 62.6 Å². The number of sulfonamides is 1. The summed E-state index contributed by atoms with van der Waals surface area (Å²) in [7, 11) is -3.63. The Morgan fingerprint density at radius 2 is 2.03 bits per heavy atom. The summed E-state index contributed by atoms with van der Waals surface area (Å²) in [5.41, 5.74) is 0.936. The minimum atomic E-state index is -3.63. The van der Waals surface area contributed by atoms with Crippen molar-refractivity contribution in [2.24, 2.45) is 0 Å². The highest BCUT2D eigenvalue weighted by Crippen LogP contribution is 2.28. The first-order valence-corrected chi connectivity index (χ1v) is 12.8. The number of carbonyl (C=O) groups is 1. The van der Waals surface area contributed by atoms with E-state index in [-0.39, 0.29) is 28.6 Å². The number of aromatic nitrogens is 2. The molecule has 8 nitrogen and oxygen atoms in total. The van der Waals surface area contributed by atoms with Crippen molar-refractivity contribution in [3.63, 3.8) is 0 Å². The van der Waals surface area contributed by atoms with E-state index in [1.807, 2.05) is 6.92 Å². The smallest absolute Gasteiger partial charge is 0.253 e. The summed E-state index contributed by atoms with van der Waals surface area (Å²) in [5, 5.41) is 3.97. The Bertz CT molecular complexity index is 1260. The highest BCUT2D eigenvalue weighted by molar-refractivity contribution is 7.89. The lowest BCUT2D eigenvalue weighted by atomic mass is 9.97. The van der Waals surface area contributed by atoms with E-state index >= 15 is 0 Å². The van der Waals surface area contributed by atoms with Gasteiger partial charge in [-0.3, -0.25) is 4.79 Å². The Kier molecular flexibility index (Phi) is 7.08. The van der Waals surface area contributed by atoms with Crippen molar-refractivity contribution in [2.45, 2.75) is 50.0 Å². The third kappa shape index (κ3) is 5.34. The number of nitrogens with zero attached hydrogens (tertiary/aromatic N) is 3. The SMILES string of the molecule is CCC(C)NS(=O)(=O)c1ccc(C(=O)N2CCCC(c3nc(-c4cccc(F)c4)no3)C2)cc1. The molecule has 1 saturated heterocycles. The minimum Gasteiger partial charge on any atom is -0.339 e. The van der Waals surface area contributed by atoms with Crippen LogP contribution in [0.2, 0.25) is 0 Å². The Morgan fingerprint density at radius 3 is 2.74 bits per heavy atom. The predicted molar refractivity (Wildman–Crippen MR) is 124 cm³/mol. The molecule has 0 bridgehead atoms. The van der Waals surface area contributed by atoms with Crippen molar-refractivity contribution in [2.75, 3.05) is 13.1 Å². The Balaban J connectivity index is 1.45. The molecule has 2 atom stereocenters. The fraction of sp³-hybridized carbons (Fsp3) is 0.375. The normalized spacial score (nSPS) is 17.5. The number of halogens is 1. The van der Waals surface area contributed by atoms with Crippen LogP contribution < -0.4 is 4.72 Å². The van der Waals surface area contributed by atoms with Gasteiger partial charge in [0, 0.05) is 30.3 Å². The first-order valence-electron chi connectivity index (χ1n) is 11.3. The van der Waals surface area contributed by atoms with Crippen LogP contribution in [-0.4, -0.2) is 48.5 Å². The van der Waals surface area contributed by atoms with Crippen LogP contribution in [0.1, 0.15) is 55.3 Å². The van der Waals surface area contributed by atoms with Gasteiger partial charge in [-0.25, -0.2) is 17.5 Å². The van der Waals surface area contributed by atoms with Crippen LogP contribution in [0.25, 0.3) is 11.4 Å². The molecule has 1 N–H and O–H groups in total. The molecule has 2 unspecified atom stereocenters. The van der Waals surface area contributed by atoms with E-state index in [1.165, 1.54) is 36.4 Å². The van der Waals surface area contributed by atoms with E-state index in [2.05, 4.69) is 14.9 Å². The van der Waals surface area contributed by atoms with Crippen LogP contribution in [0.4, 0.5) is 4.39 Å². The zero-order chi connectivity index (χ0) is 24.3. The summed E-state index contributed by atoms with van der Waals surface area (Å²) in [6, 6.07) is 11.8. The number of hydrogen-bond acceptors (Lipinski definition) is 6. The molecule has 1 amide bonds. The summed E-state index contributed by atoms with van der Waals surface area (Å²) in [4.78, 5) is 19.3. The third-order valence-electron chi connectivity index (χ3n) is 5.96. The van der Waals surface area contributed by atoms with Gasteiger partial charge in [0.2, 0.25) is 21.7 Å². The van der Waals surface area contributed by atoms with Gasteiger partial charge in [0.05, 0.1) is 10.8 Å². The van der Waals surface area contributed by atoms with Gasteiger partial charge < -0.3 is 9.42 Å². The highest BCUT2D eigenvalue weighted by atomic mass is 32.2. The van der Waals surface area contributed by atoms with Crippen LogP contribution in [0.5, 0.6) is 0 Å². The van der Waals surface area contributed by atoms with Gasteiger partial charge in [-0.2, -0.15) is 4.98 Å². The second-order valence-corrected chi connectivity index (χ2v) is 10.2. The Hall–Kier alpha value is -3.11. The van der Waals surface area contributed by atoms with Gasteiger partial charge in [-0.15, -0.1) is 0 Å². The molecule has 0 spiro atoms. The van der Waals surface area contributed by atoms with Crippen molar-refractivity contribution in [3.05, 3.63) is 65.8 Å². The minimum absolute atomic E-state index is 0.122. The number of piperidine rings is 1. The summed E-state index contributed by atoms with van der Waals surface area (Å²) in [6.45, 7) is 4.68. The molecule has 0 aliphatic carbocycles. The molecular weight excluding hydrogens is 459 g/mol. The second kappa shape index (κ2) is 10.0. The highest BCUT2D eigenvalue weighted by Gasteiger charge is 2.29. The quantitative estimate of drug-likeness (QED) is 0.542. The molecule has 1 aliphatic rings. The molecule has 2 aromatic carbocycles. The van der Waals surface area contributed by atoms with Gasteiger partial charge >= 0.3 is 0 Å². The molecule has 1 aromatic heterocycles. The van der Waals surface area contributed by atoms with Crippen LogP contribution in [0, 0.1) is 5.82 Å². The second-order valence-electron chi connectivity index (χ2n) is 8.51. The molecule has 10 heteroatoms. The number of carbonyl (C=O) groups excluding carboxylic acids is 1. The lowest BCUT2D eigenvalue weighted by molar-refractivity contribution is 0.0695. The van der Waals surface area contributed by atoms with E-state index < -0.39 is 10.0 Å². The number of hydrogen-bond donors (Lipinski definition) is 1. The molecule has 34 heavy (non-hydrogen) atoms. The van der Waals surface area contributed by atoms with Crippen molar-refractivity contribution in [3.8, 4) is 11.4 Å². The molecule has 0 radical (unpaired) electrons. The van der Waals surface area contributed by atoms with E-state index in [0.29, 0.717) is 42.4 Å². The standard InChI is InChI=1S/C24H27FN4O4S/c1-3-16(2)28-34(31,32)21-11-9-17(10-12-21)24(30)29-13-5-7-19(15-29)23-26-22(27-33-23)18-6-4-8-20(25)14-18/h4,6,8-12,14,16,19,28H,3,5,7,13,15H2,1-2H3. The van der Waals surface area contributed by atoms with Crippen molar-refractivity contribution in [1.82, 2.24) is 19.8 Å². The number of amides is 1. The Labute approximate surface area is 198 Å². The van der Waals surface area contributed by atoms with E-state index in [4.69, 9.17) is 4.52 Å². The maximum absolute atomic E-state index is 13.5. The van der Waals surface area contributed by atoms with Crippen molar-refractivity contribution in [1.29, 1.82) is 0 Å². The lowest BCUT2D eigenvalue weighted by Crippen LogP contribution is -2.39. The fourth-order valence-electron chi connectivity index (χ4n) is 3.88. The first-order chi connectivity index (χ1) is 16.3. The zero-order valence-corrected chi connectivity index (χ0v) is 19.9. The molecule has 4 rings (SSSR count). The maximum Gasteiger partial charge on any atom is 0.253 e. The zero-order valence-electron chi connectivity index (χ0n) is 19.1. The van der Waals surface area contributed by atoms with E-state index in [1.54, 1.807) is 24.0 Å². The lowest BCUT2D eigenvalue weighted by Gasteiger charge is -2.31. The molecule has 0 saturated carbocycles. The van der Waals surface area contributed by atoms with Gasteiger partial charge in [0.15, 0.2) is 0 Å². The van der Waals surface area contributed by atoms with Crippen LogP contribution in [0.15, 0.2) is 57.9 Å². The fourth-order valence-corrected chi connectivity index (χ4v) is 5.21. The van der Waals surface area contributed by atoms with E-state index in [0.717, 1.165) is 12.8 Å². The summed E-state index contributed by atoms with van der Waals surface area (Å²) in [6.07, 6.45) is 2.22. The summed E-state index contributed by atoms with van der Waals surface area (Å²) in [5.74, 6) is 0.0168. The van der Waals surface area contributed by atoms with Crippen molar-refractivity contribution < 1.29 is 22.1 Å². The van der Waals surface area contributed by atoms with Gasteiger partial charge in [0.1, 0.15) is 5.82 Å². The monoisotopic (exact) mass is 486 g/mol. The first kappa shape index (κ1) is 24.0. The Morgan fingerprint density at radius 1 is 1.26 bits per heavy atom. The largest absolute Gasteiger partial charge is 0.339 e. The molecule has 1 aliphatic heterocycles. The number of benzene rings is 2. The topological polar surface area (TPSA) is 105 Å². The van der Waals surface area contributed by atoms with Gasteiger partial charge in [-0.1, -0.05) is 24.2 Å². The van der Waals surface area contributed by atoms with Crippen molar-refractivity contribution >= 4 is 15.9 Å². The van der Waals surface area contributed by atoms with Gasteiger partial charge in [0.25, 0.3) is 5.91 Å². The molecule has 3 aromatic rings. The predicted octanol–water partition coefficient (Wildman–Crippen LogP) is 3.97. The molecule has 2 heterocycles. The van der Waals surface area contributed by atoms with E-state index in [9.17, 15) is 17.6 Å². The maximum atomic E-state index is 13.5. The summed E-state index contributed by atoms with van der Waals surface area (Å²) >= 11 is 0. The average Bonchev–Trinajstić information content (AvgIpc) is 3.34.